The van der Waals surface area contributed by atoms with Crippen molar-refractivity contribution in [3.63, 3.8) is 0 Å². The molecule has 0 saturated carbocycles. The van der Waals surface area contributed by atoms with Gasteiger partial charge in [0.2, 0.25) is 0 Å². The Morgan fingerprint density at radius 3 is 2.65 bits per heavy atom. The molecule has 0 fully saturated rings. The van der Waals surface area contributed by atoms with Crippen LogP contribution in [0.1, 0.15) is 30.3 Å². The molecular weight excluding hydrogens is 436 g/mol. The van der Waals surface area contributed by atoms with Crippen molar-refractivity contribution in [2.24, 2.45) is 4.99 Å². The molecule has 1 aliphatic heterocycles. The second-order valence-electron chi connectivity index (χ2n) is 6.72. The first-order valence-corrected chi connectivity index (χ1v) is 11.0. The predicted octanol–water partition coefficient (Wildman–Crippen LogP) is 2.40. The van der Waals surface area contributed by atoms with Crippen molar-refractivity contribution in [1.29, 1.82) is 0 Å². The molecule has 0 spiro atoms. The Balaban J connectivity index is 1.94. The van der Waals surface area contributed by atoms with Crippen LogP contribution in [0.5, 0.6) is 5.75 Å². The number of rotatable bonds is 4. The lowest BCUT2D eigenvalue weighted by Crippen LogP contribution is -2.39. The van der Waals surface area contributed by atoms with Crippen molar-refractivity contribution in [2.45, 2.75) is 19.9 Å². The number of thiophene rings is 1. The molecule has 1 atom stereocenters. The number of benzene rings is 1. The second-order valence-corrected chi connectivity index (χ2v) is 8.71. The Labute approximate surface area is 185 Å². The van der Waals surface area contributed by atoms with Gasteiger partial charge in [-0.05, 0) is 30.5 Å². The van der Waals surface area contributed by atoms with Crippen LogP contribution in [0.2, 0.25) is 0 Å². The molecule has 0 aliphatic carbocycles. The average molecular weight is 455 g/mol. The summed E-state index contributed by atoms with van der Waals surface area (Å²) in [5, 5.41) is 1.89. The summed E-state index contributed by atoms with van der Waals surface area (Å²) in [6, 6.07) is 10.1. The minimum atomic E-state index is -0.616. The fourth-order valence-corrected chi connectivity index (χ4v) is 5.26. The number of para-hydroxylation sites is 1. The van der Waals surface area contributed by atoms with Gasteiger partial charge in [-0.3, -0.25) is 14.2 Å². The number of allylic oxidation sites excluding steroid dienone is 1. The summed E-state index contributed by atoms with van der Waals surface area (Å²) in [6.07, 6.45) is 1.67. The normalized spacial score (nSPS) is 16.0. The lowest BCUT2D eigenvalue weighted by atomic mass is 10.0. The summed E-state index contributed by atoms with van der Waals surface area (Å²) in [5.41, 5.74) is 1.16. The van der Waals surface area contributed by atoms with Crippen LogP contribution < -0.4 is 19.6 Å². The monoisotopic (exact) mass is 454 g/mol. The van der Waals surface area contributed by atoms with E-state index in [1.165, 1.54) is 41.3 Å². The Bertz CT molecular complexity index is 1380. The van der Waals surface area contributed by atoms with Gasteiger partial charge in [-0.1, -0.05) is 35.6 Å². The van der Waals surface area contributed by atoms with Crippen LogP contribution in [0.4, 0.5) is 0 Å². The van der Waals surface area contributed by atoms with Crippen molar-refractivity contribution < 1.29 is 19.1 Å². The Kier molecular flexibility index (Phi) is 5.71. The molecule has 2 aromatic heterocycles. The van der Waals surface area contributed by atoms with E-state index in [9.17, 15) is 14.4 Å². The fourth-order valence-electron chi connectivity index (χ4n) is 3.40. The van der Waals surface area contributed by atoms with Crippen LogP contribution in [0.15, 0.2) is 62.8 Å². The summed E-state index contributed by atoms with van der Waals surface area (Å²) < 4.78 is 12.2. The van der Waals surface area contributed by atoms with E-state index in [4.69, 9.17) is 9.47 Å². The molecule has 0 bridgehead atoms. The molecular formula is C22H18N2O5S2. The van der Waals surface area contributed by atoms with Crippen LogP contribution in [-0.4, -0.2) is 23.6 Å². The van der Waals surface area contributed by atoms with E-state index in [1.807, 2.05) is 17.5 Å². The minimum Gasteiger partial charge on any atom is -0.466 e. The van der Waals surface area contributed by atoms with Crippen LogP contribution in [0.25, 0.3) is 6.08 Å². The zero-order valence-electron chi connectivity index (χ0n) is 16.9. The first-order valence-electron chi connectivity index (χ1n) is 9.32. The molecule has 0 N–H and O–H groups in total. The molecule has 0 radical (unpaired) electrons. The summed E-state index contributed by atoms with van der Waals surface area (Å²) in [7, 11) is 1.31. The van der Waals surface area contributed by atoms with Gasteiger partial charge >= 0.3 is 11.9 Å². The summed E-state index contributed by atoms with van der Waals surface area (Å²) >= 11 is 2.67. The molecule has 9 heteroatoms. The van der Waals surface area contributed by atoms with E-state index in [0.29, 0.717) is 31.9 Å². The predicted molar refractivity (Wildman–Crippen MR) is 118 cm³/mol. The van der Waals surface area contributed by atoms with Gasteiger partial charge in [0.05, 0.1) is 22.9 Å². The second kappa shape index (κ2) is 8.44. The van der Waals surface area contributed by atoms with E-state index in [-0.39, 0.29) is 5.56 Å². The number of carbonyl (C=O) groups excluding carboxylic acids is 2. The van der Waals surface area contributed by atoms with Crippen LogP contribution in [-0.2, 0) is 14.3 Å². The maximum atomic E-state index is 13.4. The number of aromatic nitrogens is 1. The van der Waals surface area contributed by atoms with Crippen molar-refractivity contribution in [3.05, 3.63) is 83.2 Å². The van der Waals surface area contributed by atoms with E-state index in [0.717, 1.165) is 4.88 Å². The van der Waals surface area contributed by atoms with Gasteiger partial charge in [0, 0.05) is 17.4 Å². The van der Waals surface area contributed by atoms with Crippen LogP contribution in [0, 0.1) is 0 Å². The number of methoxy groups -OCH3 is 1. The highest BCUT2D eigenvalue weighted by Crippen LogP contribution is 2.33. The van der Waals surface area contributed by atoms with Gasteiger partial charge < -0.3 is 9.47 Å². The maximum absolute atomic E-state index is 13.4. The zero-order valence-corrected chi connectivity index (χ0v) is 18.6. The largest absolute Gasteiger partial charge is 0.466 e. The highest BCUT2D eigenvalue weighted by atomic mass is 32.1. The first kappa shape index (κ1) is 21.0. The average Bonchev–Trinajstić information content (AvgIpc) is 3.36. The van der Waals surface area contributed by atoms with Crippen LogP contribution >= 0.6 is 22.7 Å². The maximum Gasteiger partial charge on any atom is 0.338 e. The molecule has 1 aromatic carbocycles. The van der Waals surface area contributed by atoms with Crippen molar-refractivity contribution in [3.8, 4) is 5.75 Å². The topological polar surface area (TPSA) is 87.0 Å². The van der Waals surface area contributed by atoms with Gasteiger partial charge in [0.25, 0.3) is 5.56 Å². The highest BCUT2D eigenvalue weighted by Gasteiger charge is 2.33. The Hall–Kier alpha value is -3.30. The first-order chi connectivity index (χ1) is 14.9. The lowest BCUT2D eigenvalue weighted by Gasteiger charge is -2.22. The SMILES string of the molecule is COC(=O)C1=C(C)N=c2s/c(=C\c3ccccc3OC(C)=O)c(=O)n2C1c1cccs1. The molecule has 3 heterocycles. The van der Waals surface area contributed by atoms with Crippen molar-refractivity contribution in [2.75, 3.05) is 7.11 Å². The summed E-state index contributed by atoms with van der Waals surface area (Å²) in [6.45, 7) is 3.06. The van der Waals surface area contributed by atoms with Gasteiger partial charge in [0.15, 0.2) is 4.80 Å². The van der Waals surface area contributed by atoms with Crippen molar-refractivity contribution >= 4 is 40.7 Å². The molecule has 31 heavy (non-hydrogen) atoms. The Morgan fingerprint density at radius 1 is 1.19 bits per heavy atom. The van der Waals surface area contributed by atoms with Gasteiger partial charge in [-0.2, -0.15) is 0 Å². The number of ether oxygens (including phenoxy) is 2. The number of nitrogens with zero attached hydrogens (tertiary/aromatic N) is 2. The molecule has 3 aromatic rings. The van der Waals surface area contributed by atoms with E-state index in [1.54, 1.807) is 37.3 Å². The number of esters is 2. The van der Waals surface area contributed by atoms with E-state index < -0.39 is 18.0 Å². The number of carbonyl (C=O) groups is 2. The molecule has 4 rings (SSSR count). The van der Waals surface area contributed by atoms with Crippen molar-refractivity contribution in [1.82, 2.24) is 4.57 Å². The Morgan fingerprint density at radius 2 is 1.97 bits per heavy atom. The van der Waals surface area contributed by atoms with Gasteiger partial charge in [-0.25, -0.2) is 9.79 Å². The summed E-state index contributed by atoms with van der Waals surface area (Å²) in [5.74, 6) is -0.602. The zero-order chi connectivity index (χ0) is 22.1. The van der Waals surface area contributed by atoms with Crippen LogP contribution in [0.3, 0.4) is 0 Å². The third-order valence-electron chi connectivity index (χ3n) is 4.70. The van der Waals surface area contributed by atoms with Gasteiger partial charge in [-0.15, -0.1) is 11.3 Å². The molecule has 7 nitrogen and oxygen atoms in total. The number of hydrogen-bond donors (Lipinski definition) is 0. The lowest BCUT2D eigenvalue weighted by molar-refractivity contribution is -0.136. The number of fused-ring (bicyclic) bond motifs is 1. The van der Waals surface area contributed by atoms with E-state index in [2.05, 4.69) is 4.99 Å². The third-order valence-corrected chi connectivity index (χ3v) is 6.61. The minimum absolute atomic E-state index is 0.284. The number of thiazole rings is 1. The molecule has 0 saturated heterocycles. The quantitative estimate of drug-likeness (QED) is 0.446. The fraction of sp³-hybridized carbons (Fsp3) is 0.182. The summed E-state index contributed by atoms with van der Waals surface area (Å²) in [4.78, 5) is 43.2. The van der Waals surface area contributed by atoms with E-state index >= 15 is 0 Å². The smallest absolute Gasteiger partial charge is 0.338 e. The standard InChI is InChI=1S/C22H18N2O5S2/c1-12-18(21(27)28-3)19(16-9-6-10-30-16)24-20(26)17(31-22(24)23-12)11-14-7-4-5-8-15(14)29-13(2)25/h4-11,19H,1-3H3/b17-11-. The molecule has 158 valence electrons. The molecule has 1 aliphatic rings. The number of hydrogen-bond acceptors (Lipinski definition) is 8. The molecule has 0 amide bonds. The highest BCUT2D eigenvalue weighted by molar-refractivity contribution is 7.10. The molecule has 1 unspecified atom stereocenters. The third kappa shape index (κ3) is 3.89. The van der Waals surface area contributed by atoms with Gasteiger partial charge in [0.1, 0.15) is 11.8 Å².